The number of pyridine rings is 1. The Morgan fingerprint density at radius 3 is 2.74 bits per heavy atom. The molecule has 27 heavy (non-hydrogen) atoms. The van der Waals surface area contributed by atoms with Crippen molar-refractivity contribution < 1.29 is 4.74 Å². The monoisotopic (exact) mass is 360 g/mol. The number of ether oxygens (including phenoxy) is 1. The number of hydrogen-bond acceptors (Lipinski definition) is 5. The lowest BCUT2D eigenvalue weighted by Gasteiger charge is -2.25. The van der Waals surface area contributed by atoms with Crippen molar-refractivity contribution in [1.82, 2.24) is 29.1 Å². The third kappa shape index (κ3) is 2.45. The molecule has 0 N–H and O–H groups in total. The Labute approximate surface area is 156 Å². The first-order valence-corrected chi connectivity index (χ1v) is 9.64. The molecule has 6 rings (SSSR count). The smallest absolute Gasteiger partial charge is 0.165 e. The van der Waals surface area contributed by atoms with E-state index in [-0.39, 0.29) is 0 Å². The average molecular weight is 360 g/mol. The fourth-order valence-electron chi connectivity index (χ4n) is 4.08. The molecule has 5 heterocycles. The second-order valence-electron chi connectivity index (χ2n) is 7.45. The third-order valence-corrected chi connectivity index (χ3v) is 5.63. The molecule has 1 aliphatic carbocycles. The largest absolute Gasteiger partial charge is 0.381 e. The molecule has 0 bridgehead atoms. The average Bonchev–Trinajstić information content (AvgIpc) is 3.36. The predicted octanol–water partition coefficient (Wildman–Crippen LogP) is 3.37. The molecule has 136 valence electrons. The van der Waals surface area contributed by atoms with E-state index in [9.17, 15) is 0 Å². The van der Waals surface area contributed by atoms with Crippen molar-refractivity contribution in [2.45, 2.75) is 37.6 Å². The number of nitrogens with zero attached hydrogens (tertiary/aromatic N) is 6. The summed E-state index contributed by atoms with van der Waals surface area (Å²) in [5.74, 6) is 2.46. The van der Waals surface area contributed by atoms with Crippen LogP contribution in [0.4, 0.5) is 0 Å². The van der Waals surface area contributed by atoms with Crippen molar-refractivity contribution in [3.8, 4) is 11.4 Å². The fourth-order valence-corrected chi connectivity index (χ4v) is 4.08. The van der Waals surface area contributed by atoms with Crippen molar-refractivity contribution >= 4 is 16.7 Å². The predicted molar refractivity (Wildman–Crippen MR) is 101 cm³/mol. The van der Waals surface area contributed by atoms with Crippen LogP contribution in [0.15, 0.2) is 36.8 Å². The molecule has 1 saturated carbocycles. The molecular formula is C20H20N6O. The summed E-state index contributed by atoms with van der Waals surface area (Å²) in [6.07, 6.45) is 10.1. The van der Waals surface area contributed by atoms with Gasteiger partial charge in [0.1, 0.15) is 11.3 Å². The SMILES string of the molecule is c1ccn2ncc(-c3ncc4nc(C5CC5)n(C5CCOCC5)c4n3)c2c1. The van der Waals surface area contributed by atoms with Crippen LogP contribution in [-0.2, 0) is 4.74 Å². The zero-order valence-corrected chi connectivity index (χ0v) is 15.0. The lowest BCUT2D eigenvalue weighted by molar-refractivity contribution is 0.0697. The minimum absolute atomic E-state index is 0.408. The van der Waals surface area contributed by atoms with Gasteiger partial charge in [-0.25, -0.2) is 19.5 Å². The van der Waals surface area contributed by atoms with E-state index >= 15 is 0 Å². The van der Waals surface area contributed by atoms with Crippen LogP contribution >= 0.6 is 0 Å². The maximum atomic E-state index is 5.58. The van der Waals surface area contributed by atoms with Gasteiger partial charge in [0.15, 0.2) is 11.5 Å². The highest BCUT2D eigenvalue weighted by Gasteiger charge is 2.33. The van der Waals surface area contributed by atoms with Gasteiger partial charge in [0.05, 0.1) is 23.5 Å². The highest BCUT2D eigenvalue weighted by atomic mass is 16.5. The first-order valence-electron chi connectivity index (χ1n) is 9.64. The second kappa shape index (κ2) is 5.85. The summed E-state index contributed by atoms with van der Waals surface area (Å²) in [6.45, 7) is 1.61. The fraction of sp³-hybridized carbons (Fsp3) is 0.400. The molecular weight excluding hydrogens is 340 g/mol. The molecule has 4 aromatic rings. The van der Waals surface area contributed by atoms with Crippen LogP contribution in [0.2, 0.25) is 0 Å². The Morgan fingerprint density at radius 1 is 1.00 bits per heavy atom. The first-order chi connectivity index (χ1) is 13.4. The standard InChI is InChI=1S/C20H20N6O/c1-2-8-25-17(3-1)15(11-22-25)18-21-12-16-20(24-18)26(14-6-9-27-10-7-14)19(23-16)13-4-5-13/h1-3,8,11-14H,4-7,9-10H2. The van der Waals surface area contributed by atoms with E-state index in [1.54, 1.807) is 0 Å². The topological polar surface area (TPSA) is 70.1 Å². The van der Waals surface area contributed by atoms with Gasteiger partial charge in [0, 0.05) is 31.4 Å². The van der Waals surface area contributed by atoms with Crippen LogP contribution < -0.4 is 0 Å². The number of hydrogen-bond donors (Lipinski definition) is 0. The minimum Gasteiger partial charge on any atom is -0.381 e. The van der Waals surface area contributed by atoms with E-state index < -0.39 is 0 Å². The molecule has 0 aromatic carbocycles. The van der Waals surface area contributed by atoms with E-state index in [2.05, 4.69) is 14.6 Å². The van der Waals surface area contributed by atoms with Gasteiger partial charge in [-0.3, -0.25) is 0 Å². The molecule has 0 radical (unpaired) electrons. The lowest BCUT2D eigenvalue weighted by Crippen LogP contribution is -2.21. The summed E-state index contributed by atoms with van der Waals surface area (Å²) in [5.41, 5.74) is 3.80. The lowest BCUT2D eigenvalue weighted by atomic mass is 10.1. The normalized spacial score (nSPS) is 18.5. The molecule has 0 unspecified atom stereocenters. The number of imidazole rings is 1. The molecule has 0 amide bonds. The highest BCUT2D eigenvalue weighted by molar-refractivity contribution is 5.79. The summed E-state index contributed by atoms with van der Waals surface area (Å²) in [4.78, 5) is 14.5. The van der Waals surface area contributed by atoms with Crippen molar-refractivity contribution in [3.63, 3.8) is 0 Å². The molecule has 0 spiro atoms. The van der Waals surface area contributed by atoms with Crippen LogP contribution in [0.1, 0.15) is 43.5 Å². The van der Waals surface area contributed by atoms with Crippen molar-refractivity contribution in [3.05, 3.63) is 42.6 Å². The minimum atomic E-state index is 0.408. The Hall–Kier alpha value is -2.80. The van der Waals surface area contributed by atoms with Crippen LogP contribution in [0.3, 0.4) is 0 Å². The third-order valence-electron chi connectivity index (χ3n) is 5.63. The van der Waals surface area contributed by atoms with Crippen LogP contribution in [-0.4, -0.2) is 42.3 Å². The summed E-state index contributed by atoms with van der Waals surface area (Å²) < 4.78 is 9.82. The molecule has 2 fully saturated rings. The molecule has 0 atom stereocenters. The van der Waals surface area contributed by atoms with E-state index in [1.165, 1.54) is 18.7 Å². The molecule has 4 aromatic heterocycles. The first kappa shape index (κ1) is 15.3. The van der Waals surface area contributed by atoms with Gasteiger partial charge < -0.3 is 9.30 Å². The van der Waals surface area contributed by atoms with Crippen molar-refractivity contribution in [2.75, 3.05) is 13.2 Å². The molecule has 2 aliphatic rings. The Balaban J connectivity index is 1.54. The number of aromatic nitrogens is 6. The van der Waals surface area contributed by atoms with Gasteiger partial charge in [-0.15, -0.1) is 0 Å². The summed E-state index contributed by atoms with van der Waals surface area (Å²) >= 11 is 0. The van der Waals surface area contributed by atoms with Gasteiger partial charge in [-0.1, -0.05) is 6.07 Å². The van der Waals surface area contributed by atoms with Gasteiger partial charge in [0.25, 0.3) is 0 Å². The number of fused-ring (bicyclic) bond motifs is 2. The molecule has 7 heteroatoms. The zero-order chi connectivity index (χ0) is 17.8. The molecule has 1 aliphatic heterocycles. The van der Waals surface area contributed by atoms with E-state index in [0.717, 1.165) is 48.3 Å². The summed E-state index contributed by atoms with van der Waals surface area (Å²) in [7, 11) is 0. The number of rotatable bonds is 3. The van der Waals surface area contributed by atoms with Crippen LogP contribution in [0, 0.1) is 0 Å². The van der Waals surface area contributed by atoms with E-state index in [1.807, 2.05) is 41.3 Å². The summed E-state index contributed by atoms with van der Waals surface area (Å²) in [6, 6.07) is 6.43. The quantitative estimate of drug-likeness (QED) is 0.560. The maximum Gasteiger partial charge on any atom is 0.165 e. The Kier molecular flexibility index (Phi) is 3.31. The highest BCUT2D eigenvalue weighted by Crippen LogP contribution is 2.42. The Bertz CT molecular complexity index is 1140. The Morgan fingerprint density at radius 2 is 1.89 bits per heavy atom. The van der Waals surface area contributed by atoms with Crippen molar-refractivity contribution in [2.24, 2.45) is 0 Å². The maximum absolute atomic E-state index is 5.58. The second-order valence-corrected chi connectivity index (χ2v) is 7.45. The van der Waals surface area contributed by atoms with Gasteiger partial charge >= 0.3 is 0 Å². The molecule has 7 nitrogen and oxygen atoms in total. The van der Waals surface area contributed by atoms with Gasteiger partial charge in [-0.2, -0.15) is 5.10 Å². The van der Waals surface area contributed by atoms with Crippen molar-refractivity contribution in [1.29, 1.82) is 0 Å². The van der Waals surface area contributed by atoms with Gasteiger partial charge in [0.2, 0.25) is 0 Å². The van der Waals surface area contributed by atoms with Gasteiger partial charge in [-0.05, 0) is 37.8 Å². The van der Waals surface area contributed by atoms with Crippen LogP contribution in [0.25, 0.3) is 28.1 Å². The van der Waals surface area contributed by atoms with Crippen LogP contribution in [0.5, 0.6) is 0 Å². The molecule has 1 saturated heterocycles. The summed E-state index contributed by atoms with van der Waals surface area (Å²) in [5, 5.41) is 4.43. The van der Waals surface area contributed by atoms with E-state index in [4.69, 9.17) is 14.7 Å². The van der Waals surface area contributed by atoms with E-state index in [0.29, 0.717) is 17.8 Å². The zero-order valence-electron chi connectivity index (χ0n) is 15.0.